The second-order valence-electron chi connectivity index (χ2n) is 9.43. The molecule has 0 aromatic carbocycles. The Bertz CT molecular complexity index is 876. The van der Waals surface area contributed by atoms with Gasteiger partial charge in [-0.15, -0.1) is 0 Å². The van der Waals surface area contributed by atoms with Crippen LogP contribution in [0.5, 0.6) is 0 Å². The molecule has 2 fully saturated rings. The number of hydrogen-bond acceptors (Lipinski definition) is 5. The molecule has 1 N–H and O–H groups in total. The van der Waals surface area contributed by atoms with Crippen LogP contribution < -0.4 is 5.32 Å². The fourth-order valence-corrected chi connectivity index (χ4v) is 5.65. The summed E-state index contributed by atoms with van der Waals surface area (Å²) in [6.07, 6.45) is 6.86. The molecule has 8 heteroatoms. The number of nitrogens with one attached hydrogen (secondary N) is 1. The van der Waals surface area contributed by atoms with Crippen molar-refractivity contribution < 1.29 is 19.2 Å². The highest BCUT2D eigenvalue weighted by molar-refractivity contribution is 7.08. The quantitative estimate of drug-likeness (QED) is 0.526. The molecule has 1 aliphatic carbocycles. The van der Waals surface area contributed by atoms with Gasteiger partial charge in [-0.1, -0.05) is 26.0 Å². The van der Waals surface area contributed by atoms with Crippen molar-refractivity contribution in [3.8, 4) is 0 Å². The Labute approximate surface area is 192 Å². The van der Waals surface area contributed by atoms with Crippen LogP contribution in [0.1, 0.15) is 56.3 Å². The predicted molar refractivity (Wildman–Crippen MR) is 122 cm³/mol. The largest absolute Gasteiger partial charge is 0.349 e. The van der Waals surface area contributed by atoms with Gasteiger partial charge in [-0.25, -0.2) is 0 Å². The monoisotopic (exact) mass is 457 g/mol. The van der Waals surface area contributed by atoms with Gasteiger partial charge >= 0.3 is 0 Å². The Kier molecular flexibility index (Phi) is 6.79. The SMILES string of the molecule is CC(C)CC(C(=O)N1CCC(NC(=O)c2ccsc2)CC1)N1C(=O)C2CC=CCC2C1=O. The highest BCUT2D eigenvalue weighted by Gasteiger charge is 2.51. The minimum absolute atomic E-state index is 0.0130. The van der Waals surface area contributed by atoms with E-state index in [9.17, 15) is 19.2 Å². The second-order valence-corrected chi connectivity index (χ2v) is 10.2. The first kappa shape index (κ1) is 22.7. The van der Waals surface area contributed by atoms with E-state index in [4.69, 9.17) is 0 Å². The van der Waals surface area contributed by atoms with Crippen molar-refractivity contribution >= 4 is 35.0 Å². The average Bonchev–Trinajstić information content (AvgIpc) is 3.40. The molecule has 3 unspecified atom stereocenters. The minimum Gasteiger partial charge on any atom is -0.349 e. The first-order valence-electron chi connectivity index (χ1n) is 11.5. The number of imide groups is 1. The maximum atomic E-state index is 13.5. The van der Waals surface area contributed by atoms with Crippen LogP contribution in [0.15, 0.2) is 29.0 Å². The van der Waals surface area contributed by atoms with E-state index in [0.717, 1.165) is 0 Å². The van der Waals surface area contributed by atoms with Crippen molar-refractivity contribution in [3.05, 3.63) is 34.5 Å². The van der Waals surface area contributed by atoms with Crippen LogP contribution in [0.25, 0.3) is 0 Å². The molecule has 172 valence electrons. The molecule has 0 radical (unpaired) electrons. The van der Waals surface area contributed by atoms with Crippen LogP contribution in [0.4, 0.5) is 0 Å². The Morgan fingerprint density at radius 3 is 2.25 bits per heavy atom. The van der Waals surface area contributed by atoms with Gasteiger partial charge in [-0.05, 0) is 49.5 Å². The fraction of sp³-hybridized carbons (Fsp3) is 0.583. The minimum atomic E-state index is -0.738. The molecule has 0 saturated carbocycles. The highest BCUT2D eigenvalue weighted by atomic mass is 32.1. The van der Waals surface area contributed by atoms with Crippen LogP contribution in [-0.2, 0) is 14.4 Å². The van der Waals surface area contributed by atoms with E-state index in [2.05, 4.69) is 5.32 Å². The van der Waals surface area contributed by atoms with E-state index in [1.807, 2.05) is 36.8 Å². The number of likely N-dealkylation sites (tertiary alicyclic amines) is 2. The number of rotatable bonds is 6. The van der Waals surface area contributed by atoms with Gasteiger partial charge in [0.05, 0.1) is 11.8 Å². The Morgan fingerprint density at radius 1 is 1.09 bits per heavy atom. The number of hydrogen-bond donors (Lipinski definition) is 1. The Hall–Kier alpha value is -2.48. The molecule has 1 aromatic heterocycles. The highest BCUT2D eigenvalue weighted by Crippen LogP contribution is 2.37. The van der Waals surface area contributed by atoms with Crippen molar-refractivity contribution in [2.75, 3.05) is 13.1 Å². The molecule has 4 rings (SSSR count). The van der Waals surface area contributed by atoms with Gasteiger partial charge in [-0.3, -0.25) is 24.1 Å². The van der Waals surface area contributed by atoms with Crippen molar-refractivity contribution in [2.45, 2.75) is 58.0 Å². The average molecular weight is 458 g/mol. The van der Waals surface area contributed by atoms with E-state index in [-0.39, 0.29) is 47.4 Å². The zero-order valence-corrected chi connectivity index (χ0v) is 19.5. The molecule has 3 atom stereocenters. The van der Waals surface area contributed by atoms with E-state index in [1.165, 1.54) is 16.2 Å². The van der Waals surface area contributed by atoms with E-state index in [1.54, 1.807) is 11.0 Å². The van der Waals surface area contributed by atoms with Crippen molar-refractivity contribution in [2.24, 2.45) is 17.8 Å². The maximum Gasteiger partial charge on any atom is 0.252 e. The molecular weight excluding hydrogens is 426 g/mol. The number of carbonyl (C=O) groups excluding carboxylic acids is 4. The van der Waals surface area contributed by atoms with E-state index < -0.39 is 6.04 Å². The molecule has 2 saturated heterocycles. The first-order chi connectivity index (χ1) is 15.4. The standard InChI is InChI=1S/C24H31N3O4S/c1-15(2)13-20(27-22(29)18-5-3-4-6-19(18)23(27)30)24(31)26-10-7-17(8-11-26)25-21(28)16-9-12-32-14-16/h3-4,9,12,14-15,17-20H,5-8,10-11,13H2,1-2H3,(H,25,28). The maximum absolute atomic E-state index is 13.5. The molecule has 2 aliphatic heterocycles. The molecule has 0 spiro atoms. The summed E-state index contributed by atoms with van der Waals surface area (Å²) in [4.78, 5) is 55.1. The lowest BCUT2D eigenvalue weighted by molar-refractivity contribution is -0.152. The summed E-state index contributed by atoms with van der Waals surface area (Å²) in [5.74, 6) is -1.09. The first-order valence-corrected chi connectivity index (χ1v) is 12.4. The lowest BCUT2D eigenvalue weighted by Gasteiger charge is -2.37. The zero-order chi connectivity index (χ0) is 22.8. The molecule has 1 aromatic rings. The number of allylic oxidation sites excluding steroid dienone is 2. The molecular formula is C24H31N3O4S. The summed E-state index contributed by atoms with van der Waals surface area (Å²) >= 11 is 1.48. The van der Waals surface area contributed by atoms with Crippen molar-refractivity contribution in [1.29, 1.82) is 0 Å². The topological polar surface area (TPSA) is 86.8 Å². The van der Waals surface area contributed by atoms with Gasteiger partial charge in [0.2, 0.25) is 17.7 Å². The van der Waals surface area contributed by atoms with Crippen LogP contribution in [0, 0.1) is 17.8 Å². The fourth-order valence-electron chi connectivity index (χ4n) is 5.01. The molecule has 3 aliphatic rings. The third kappa shape index (κ3) is 4.51. The summed E-state index contributed by atoms with van der Waals surface area (Å²) in [5.41, 5.74) is 0.660. The third-order valence-corrected chi connectivity index (χ3v) is 7.44. The number of piperidine rings is 1. The Morgan fingerprint density at radius 2 is 1.72 bits per heavy atom. The van der Waals surface area contributed by atoms with Gasteiger partial charge in [0.25, 0.3) is 5.91 Å². The second kappa shape index (κ2) is 9.57. The van der Waals surface area contributed by atoms with Gasteiger partial charge in [0, 0.05) is 30.1 Å². The van der Waals surface area contributed by atoms with Gasteiger partial charge in [0.1, 0.15) is 6.04 Å². The summed E-state index contributed by atoms with van der Waals surface area (Å²) in [6.45, 7) is 5.03. The zero-order valence-electron chi connectivity index (χ0n) is 18.7. The van der Waals surface area contributed by atoms with Crippen LogP contribution >= 0.6 is 11.3 Å². The summed E-state index contributed by atoms with van der Waals surface area (Å²) < 4.78 is 0. The molecule has 3 heterocycles. The number of amides is 4. The van der Waals surface area contributed by atoms with E-state index >= 15 is 0 Å². The van der Waals surface area contributed by atoms with E-state index in [0.29, 0.717) is 50.8 Å². The molecule has 32 heavy (non-hydrogen) atoms. The lowest BCUT2D eigenvalue weighted by Crippen LogP contribution is -2.55. The van der Waals surface area contributed by atoms with Gasteiger partial charge in [-0.2, -0.15) is 11.3 Å². The van der Waals surface area contributed by atoms with Crippen molar-refractivity contribution in [3.63, 3.8) is 0 Å². The predicted octanol–water partition coefficient (Wildman–Crippen LogP) is 2.83. The molecule has 4 amide bonds. The Balaban J connectivity index is 1.41. The van der Waals surface area contributed by atoms with Gasteiger partial charge in [0.15, 0.2) is 0 Å². The number of thiophene rings is 1. The molecule has 7 nitrogen and oxygen atoms in total. The van der Waals surface area contributed by atoms with Crippen LogP contribution in [-0.4, -0.2) is 58.6 Å². The number of fused-ring (bicyclic) bond motifs is 1. The summed E-state index contributed by atoms with van der Waals surface area (Å²) in [5, 5.41) is 6.74. The summed E-state index contributed by atoms with van der Waals surface area (Å²) in [6, 6.07) is 1.07. The smallest absolute Gasteiger partial charge is 0.252 e. The normalized spacial score (nSPS) is 24.7. The molecule has 0 bridgehead atoms. The van der Waals surface area contributed by atoms with Crippen molar-refractivity contribution in [1.82, 2.24) is 15.1 Å². The lowest BCUT2D eigenvalue weighted by atomic mass is 9.85. The number of carbonyl (C=O) groups is 4. The summed E-state index contributed by atoms with van der Waals surface area (Å²) in [7, 11) is 0. The van der Waals surface area contributed by atoms with Crippen LogP contribution in [0.2, 0.25) is 0 Å². The third-order valence-electron chi connectivity index (χ3n) is 6.76. The number of nitrogens with zero attached hydrogens (tertiary/aromatic N) is 2. The van der Waals surface area contributed by atoms with Crippen LogP contribution in [0.3, 0.4) is 0 Å². The van der Waals surface area contributed by atoms with Gasteiger partial charge < -0.3 is 10.2 Å².